The molecule has 0 heterocycles. The van der Waals surface area contributed by atoms with Crippen LogP contribution in [0.4, 0.5) is 5.69 Å². The van der Waals surface area contributed by atoms with Gasteiger partial charge in [-0.1, -0.05) is 54.1 Å². The van der Waals surface area contributed by atoms with Crippen LogP contribution in [0.25, 0.3) is 6.08 Å². The Morgan fingerprint density at radius 2 is 1.78 bits per heavy atom. The lowest BCUT2D eigenvalue weighted by Crippen LogP contribution is -2.32. The van der Waals surface area contributed by atoms with Crippen LogP contribution >= 0.6 is 11.6 Å². The summed E-state index contributed by atoms with van der Waals surface area (Å²) in [5.74, 6) is -1.69. The highest BCUT2D eigenvalue weighted by Crippen LogP contribution is 2.14. The Morgan fingerprint density at radius 3 is 2.52 bits per heavy atom. The normalized spacial score (nSPS) is 10.8. The summed E-state index contributed by atoms with van der Waals surface area (Å²) in [5, 5.41) is 6.56. The van der Waals surface area contributed by atoms with Crippen LogP contribution in [0.2, 0.25) is 5.02 Å². The molecule has 2 aromatic rings. The van der Waals surface area contributed by atoms with Gasteiger partial charge >= 0.3 is 11.8 Å². The minimum Gasteiger partial charge on any atom is -0.318 e. The topological polar surface area (TPSA) is 70.6 Å². The van der Waals surface area contributed by atoms with E-state index in [2.05, 4.69) is 15.8 Å². The van der Waals surface area contributed by atoms with E-state index in [1.807, 2.05) is 36.4 Å². The number of allylic oxidation sites excluding steroid dienone is 1. The average Bonchev–Trinajstić information content (AvgIpc) is 2.55. The molecule has 0 atom stereocenters. The number of carbonyl (C=O) groups excluding carboxylic acids is 2. The molecule has 2 rings (SSSR count). The molecule has 0 radical (unpaired) electrons. The largest absolute Gasteiger partial charge is 0.329 e. The number of benzene rings is 2. The predicted molar refractivity (Wildman–Crippen MR) is 92.2 cm³/mol. The molecule has 0 saturated carbocycles. The third-order valence-electron chi connectivity index (χ3n) is 2.70. The molecule has 2 aromatic carbocycles. The lowest BCUT2D eigenvalue weighted by atomic mass is 10.2. The van der Waals surface area contributed by atoms with Crippen LogP contribution in [0.15, 0.2) is 65.8 Å². The second-order valence-corrected chi connectivity index (χ2v) is 4.89. The molecular formula is C17H14ClN3O2. The first-order chi connectivity index (χ1) is 11.1. The molecule has 0 aliphatic rings. The quantitative estimate of drug-likeness (QED) is 0.514. The number of nitrogens with one attached hydrogen (secondary N) is 2. The number of hydrazone groups is 1. The zero-order chi connectivity index (χ0) is 16.5. The highest BCUT2D eigenvalue weighted by Gasteiger charge is 2.12. The van der Waals surface area contributed by atoms with Crippen LogP contribution in [0.5, 0.6) is 0 Å². The molecule has 0 spiro atoms. The van der Waals surface area contributed by atoms with E-state index in [1.165, 1.54) is 6.21 Å². The van der Waals surface area contributed by atoms with Gasteiger partial charge < -0.3 is 5.32 Å². The number of amides is 2. The third kappa shape index (κ3) is 5.76. The van der Waals surface area contributed by atoms with E-state index >= 15 is 0 Å². The van der Waals surface area contributed by atoms with Gasteiger partial charge in [-0.15, -0.1) is 0 Å². The van der Waals surface area contributed by atoms with Crippen molar-refractivity contribution in [3.8, 4) is 0 Å². The summed E-state index contributed by atoms with van der Waals surface area (Å²) < 4.78 is 0. The van der Waals surface area contributed by atoms with Gasteiger partial charge in [0.25, 0.3) is 0 Å². The fourth-order valence-corrected chi connectivity index (χ4v) is 1.85. The van der Waals surface area contributed by atoms with Crippen LogP contribution in [0.1, 0.15) is 5.56 Å². The van der Waals surface area contributed by atoms with E-state index in [0.29, 0.717) is 10.7 Å². The summed E-state index contributed by atoms with van der Waals surface area (Å²) in [6, 6.07) is 16.1. The van der Waals surface area contributed by atoms with Crippen LogP contribution in [0.3, 0.4) is 0 Å². The van der Waals surface area contributed by atoms with Crippen LogP contribution in [0, 0.1) is 0 Å². The Morgan fingerprint density at radius 1 is 1.00 bits per heavy atom. The molecule has 0 aliphatic carbocycles. The zero-order valence-corrected chi connectivity index (χ0v) is 12.8. The van der Waals surface area contributed by atoms with Crippen LogP contribution in [-0.4, -0.2) is 18.0 Å². The Kier molecular flexibility index (Phi) is 6.08. The van der Waals surface area contributed by atoms with Gasteiger partial charge in [0.2, 0.25) is 0 Å². The molecule has 116 valence electrons. The number of halogens is 1. The van der Waals surface area contributed by atoms with E-state index in [0.717, 1.165) is 5.56 Å². The predicted octanol–water partition coefficient (Wildman–Crippen LogP) is 3.09. The molecule has 0 aliphatic heterocycles. The number of rotatable bonds is 4. The lowest BCUT2D eigenvalue weighted by molar-refractivity contribution is -0.136. The van der Waals surface area contributed by atoms with Gasteiger partial charge in [0, 0.05) is 16.9 Å². The fourth-order valence-electron chi connectivity index (χ4n) is 1.66. The van der Waals surface area contributed by atoms with Gasteiger partial charge in [-0.3, -0.25) is 9.59 Å². The van der Waals surface area contributed by atoms with E-state index in [1.54, 1.807) is 30.3 Å². The van der Waals surface area contributed by atoms with Gasteiger partial charge in [0.05, 0.1) is 0 Å². The average molecular weight is 328 g/mol. The minimum absolute atomic E-state index is 0.436. The first kappa shape index (κ1) is 16.5. The van der Waals surface area contributed by atoms with E-state index in [4.69, 9.17) is 11.6 Å². The Labute approximate surface area is 138 Å². The van der Waals surface area contributed by atoms with Crippen molar-refractivity contribution in [2.45, 2.75) is 0 Å². The van der Waals surface area contributed by atoms with Crippen molar-refractivity contribution in [1.82, 2.24) is 5.43 Å². The van der Waals surface area contributed by atoms with Crippen LogP contribution < -0.4 is 10.7 Å². The van der Waals surface area contributed by atoms with Crippen molar-refractivity contribution in [1.29, 1.82) is 0 Å². The Balaban J connectivity index is 1.81. The summed E-state index contributed by atoms with van der Waals surface area (Å²) >= 11 is 5.79. The van der Waals surface area contributed by atoms with Crippen molar-refractivity contribution in [3.63, 3.8) is 0 Å². The molecule has 0 fully saturated rings. The first-order valence-electron chi connectivity index (χ1n) is 6.77. The second kappa shape index (κ2) is 8.51. The highest BCUT2D eigenvalue weighted by molar-refractivity contribution is 6.39. The van der Waals surface area contributed by atoms with Gasteiger partial charge in [-0.05, 0) is 29.8 Å². The van der Waals surface area contributed by atoms with Crippen molar-refractivity contribution in [3.05, 3.63) is 71.3 Å². The van der Waals surface area contributed by atoms with Crippen LogP contribution in [-0.2, 0) is 9.59 Å². The number of nitrogens with zero attached hydrogens (tertiary/aromatic N) is 1. The summed E-state index contributed by atoms with van der Waals surface area (Å²) in [6.45, 7) is 0. The summed E-state index contributed by atoms with van der Waals surface area (Å²) in [7, 11) is 0. The maximum atomic E-state index is 11.7. The molecule has 2 N–H and O–H groups in total. The Bertz CT molecular complexity index is 743. The van der Waals surface area contributed by atoms with Gasteiger partial charge in [-0.25, -0.2) is 5.43 Å². The smallest absolute Gasteiger partial charge is 0.318 e. The highest BCUT2D eigenvalue weighted by atomic mass is 35.5. The van der Waals surface area contributed by atoms with Gasteiger partial charge in [0.1, 0.15) is 0 Å². The second-order valence-electron chi connectivity index (χ2n) is 4.45. The van der Waals surface area contributed by atoms with Gasteiger partial charge in [-0.2, -0.15) is 5.10 Å². The monoisotopic (exact) mass is 327 g/mol. The minimum atomic E-state index is -0.866. The van der Waals surface area contributed by atoms with Gasteiger partial charge in [0.15, 0.2) is 0 Å². The molecule has 0 saturated heterocycles. The Hall–Kier alpha value is -2.92. The molecule has 6 heteroatoms. The van der Waals surface area contributed by atoms with E-state index in [-0.39, 0.29) is 0 Å². The molecule has 23 heavy (non-hydrogen) atoms. The molecule has 5 nitrogen and oxygen atoms in total. The summed E-state index contributed by atoms with van der Waals surface area (Å²) in [6.07, 6.45) is 4.86. The number of anilines is 1. The third-order valence-corrected chi connectivity index (χ3v) is 2.94. The molecule has 0 unspecified atom stereocenters. The fraction of sp³-hybridized carbons (Fsp3) is 0. The summed E-state index contributed by atoms with van der Waals surface area (Å²) in [4.78, 5) is 23.2. The SMILES string of the molecule is O=C(N/N=C\C=C\c1ccccc1)C(=O)Nc1cccc(Cl)c1. The zero-order valence-electron chi connectivity index (χ0n) is 12.1. The number of carbonyl (C=O) groups is 2. The van der Waals surface area contributed by atoms with Crippen molar-refractivity contribution in [2.75, 3.05) is 5.32 Å². The lowest BCUT2D eigenvalue weighted by Gasteiger charge is -2.03. The number of hydrogen-bond donors (Lipinski definition) is 2. The maximum Gasteiger partial charge on any atom is 0.329 e. The molecule has 0 aromatic heterocycles. The molecular weight excluding hydrogens is 314 g/mol. The first-order valence-corrected chi connectivity index (χ1v) is 7.14. The van der Waals surface area contributed by atoms with Crippen molar-refractivity contribution >= 4 is 41.4 Å². The van der Waals surface area contributed by atoms with E-state index in [9.17, 15) is 9.59 Å². The number of hydrogen-bond acceptors (Lipinski definition) is 3. The molecule has 0 bridgehead atoms. The van der Waals surface area contributed by atoms with Crippen molar-refractivity contribution in [2.24, 2.45) is 5.10 Å². The standard InChI is InChI=1S/C17H14ClN3O2/c18-14-9-4-10-15(12-14)20-16(22)17(23)21-19-11-5-8-13-6-2-1-3-7-13/h1-12H,(H,20,22)(H,21,23)/b8-5+,19-11-. The maximum absolute atomic E-state index is 11.7. The summed E-state index contributed by atoms with van der Waals surface area (Å²) in [5.41, 5.74) is 3.58. The van der Waals surface area contributed by atoms with E-state index < -0.39 is 11.8 Å². The molecule has 2 amide bonds. The van der Waals surface area contributed by atoms with Crippen molar-refractivity contribution < 1.29 is 9.59 Å².